The number of anilines is 1. The van der Waals surface area contributed by atoms with E-state index < -0.39 is 21.4 Å². The highest BCUT2D eigenvalue weighted by atomic mass is 32.2. The number of ether oxygens (including phenoxy) is 1. The number of nitrogens with zero attached hydrogens (tertiary/aromatic N) is 1. The lowest BCUT2D eigenvalue weighted by atomic mass is 10.1. The molecule has 0 bridgehead atoms. The Hall–Kier alpha value is -3.24. The van der Waals surface area contributed by atoms with Crippen molar-refractivity contribution < 1.29 is 22.3 Å². The number of morpholine rings is 1. The second-order valence-corrected chi connectivity index (χ2v) is 8.98. The van der Waals surface area contributed by atoms with E-state index in [9.17, 15) is 22.4 Å². The number of halogens is 1. The standard InChI is InChI=1S/C21H20FN3O5S/c1-13-12-25(8-9-30-13)21(27)18-11-20(26)23-19-7-6-16(10-17(18)19)31(28,29)24-15-4-2-14(22)3-5-15/h2-7,10-11,13,24H,8-9,12H2,1H3,(H,23,26). The van der Waals surface area contributed by atoms with Crippen LogP contribution < -0.4 is 10.3 Å². The summed E-state index contributed by atoms with van der Waals surface area (Å²) in [4.78, 5) is 29.3. The number of aromatic amines is 1. The number of carbonyl (C=O) groups is 1. The molecule has 4 rings (SSSR count). The lowest BCUT2D eigenvalue weighted by Crippen LogP contribution is -2.44. The minimum absolute atomic E-state index is 0.0965. The van der Waals surface area contributed by atoms with Gasteiger partial charge in [0.15, 0.2) is 0 Å². The lowest BCUT2D eigenvalue weighted by Gasteiger charge is -2.31. The lowest BCUT2D eigenvalue weighted by molar-refractivity contribution is -0.0123. The summed E-state index contributed by atoms with van der Waals surface area (Å²) in [5, 5.41) is 0.311. The van der Waals surface area contributed by atoms with Crippen molar-refractivity contribution in [3.05, 3.63) is 70.3 Å². The fourth-order valence-electron chi connectivity index (χ4n) is 3.48. The van der Waals surface area contributed by atoms with E-state index in [1.54, 1.807) is 4.90 Å². The second kappa shape index (κ2) is 8.12. The van der Waals surface area contributed by atoms with Crippen molar-refractivity contribution in [1.82, 2.24) is 9.88 Å². The fraction of sp³-hybridized carbons (Fsp3) is 0.238. The number of hydrogen-bond donors (Lipinski definition) is 2. The minimum atomic E-state index is -4.01. The van der Waals surface area contributed by atoms with E-state index in [1.165, 1.54) is 36.4 Å². The van der Waals surface area contributed by atoms with Crippen molar-refractivity contribution in [2.24, 2.45) is 0 Å². The molecule has 2 aromatic carbocycles. The Labute approximate surface area is 177 Å². The van der Waals surface area contributed by atoms with Gasteiger partial charge in [-0.15, -0.1) is 0 Å². The van der Waals surface area contributed by atoms with Crippen LogP contribution in [0.25, 0.3) is 10.9 Å². The first-order valence-corrected chi connectivity index (χ1v) is 11.1. The molecule has 1 aliphatic rings. The molecular weight excluding hydrogens is 425 g/mol. The average Bonchev–Trinajstić information content (AvgIpc) is 2.73. The molecule has 0 saturated carbocycles. The van der Waals surface area contributed by atoms with Crippen LogP contribution in [0.1, 0.15) is 17.3 Å². The van der Waals surface area contributed by atoms with E-state index in [2.05, 4.69) is 9.71 Å². The molecule has 0 spiro atoms. The van der Waals surface area contributed by atoms with Crippen LogP contribution in [0.4, 0.5) is 10.1 Å². The zero-order valence-corrected chi connectivity index (χ0v) is 17.4. The molecule has 31 heavy (non-hydrogen) atoms. The first-order valence-electron chi connectivity index (χ1n) is 9.59. The summed E-state index contributed by atoms with van der Waals surface area (Å²) in [6.07, 6.45) is -0.137. The molecule has 3 aromatic rings. The van der Waals surface area contributed by atoms with E-state index >= 15 is 0 Å². The van der Waals surface area contributed by atoms with Gasteiger partial charge >= 0.3 is 0 Å². The molecule has 0 aliphatic carbocycles. The SMILES string of the molecule is CC1CN(C(=O)c2cc(=O)[nH]c3ccc(S(=O)(=O)Nc4ccc(F)cc4)cc23)CCO1. The second-order valence-electron chi connectivity index (χ2n) is 7.30. The number of sulfonamides is 1. The summed E-state index contributed by atoms with van der Waals surface area (Å²) >= 11 is 0. The van der Waals surface area contributed by atoms with E-state index in [0.29, 0.717) is 30.6 Å². The smallest absolute Gasteiger partial charge is 0.261 e. The number of amides is 1. The van der Waals surface area contributed by atoms with Gasteiger partial charge in [-0.05, 0) is 49.4 Å². The molecule has 1 fully saturated rings. The van der Waals surface area contributed by atoms with Crippen molar-refractivity contribution in [1.29, 1.82) is 0 Å². The quantitative estimate of drug-likeness (QED) is 0.641. The molecule has 2 heterocycles. The van der Waals surface area contributed by atoms with Gasteiger partial charge in [0.05, 0.1) is 23.2 Å². The Morgan fingerprint density at radius 1 is 1.19 bits per heavy atom. The van der Waals surface area contributed by atoms with Gasteiger partial charge in [-0.2, -0.15) is 0 Å². The topological polar surface area (TPSA) is 109 Å². The summed E-state index contributed by atoms with van der Waals surface area (Å²) in [7, 11) is -4.01. The van der Waals surface area contributed by atoms with Gasteiger partial charge in [-0.3, -0.25) is 14.3 Å². The van der Waals surface area contributed by atoms with E-state index in [4.69, 9.17) is 4.74 Å². The first kappa shape index (κ1) is 21.0. The summed E-state index contributed by atoms with van der Waals surface area (Å²) in [6, 6.07) is 10.2. The minimum Gasteiger partial charge on any atom is -0.375 e. The van der Waals surface area contributed by atoms with Gasteiger partial charge in [-0.25, -0.2) is 12.8 Å². The van der Waals surface area contributed by atoms with Crippen LogP contribution in [0.5, 0.6) is 0 Å². The van der Waals surface area contributed by atoms with Gasteiger partial charge < -0.3 is 14.6 Å². The van der Waals surface area contributed by atoms with Crippen LogP contribution in [0.3, 0.4) is 0 Å². The van der Waals surface area contributed by atoms with Crippen LogP contribution in [0, 0.1) is 5.82 Å². The summed E-state index contributed by atoms with van der Waals surface area (Å²) in [5.74, 6) is -0.856. The van der Waals surface area contributed by atoms with Gasteiger partial charge in [0.25, 0.3) is 15.9 Å². The van der Waals surface area contributed by atoms with Crippen LogP contribution in [-0.4, -0.2) is 50.0 Å². The van der Waals surface area contributed by atoms with Crippen LogP contribution in [-0.2, 0) is 14.8 Å². The number of carbonyl (C=O) groups excluding carboxylic acids is 1. The maximum atomic E-state index is 13.1. The molecule has 1 aromatic heterocycles. The van der Waals surface area contributed by atoms with E-state index in [1.807, 2.05) is 6.92 Å². The van der Waals surface area contributed by atoms with Gasteiger partial charge in [0.1, 0.15) is 5.82 Å². The number of rotatable bonds is 4. The largest absolute Gasteiger partial charge is 0.375 e. The van der Waals surface area contributed by atoms with Gasteiger partial charge in [0, 0.05) is 35.7 Å². The van der Waals surface area contributed by atoms with Crippen molar-refractivity contribution in [3.63, 3.8) is 0 Å². The third-order valence-corrected chi connectivity index (χ3v) is 6.36. The van der Waals surface area contributed by atoms with E-state index in [0.717, 1.165) is 12.1 Å². The monoisotopic (exact) mass is 445 g/mol. The van der Waals surface area contributed by atoms with Gasteiger partial charge in [-0.1, -0.05) is 0 Å². The summed E-state index contributed by atoms with van der Waals surface area (Å²) in [6.45, 7) is 2.98. The Balaban J connectivity index is 1.74. The van der Waals surface area contributed by atoms with Gasteiger partial charge in [0.2, 0.25) is 5.56 Å². The maximum Gasteiger partial charge on any atom is 0.261 e. The summed E-state index contributed by atoms with van der Waals surface area (Å²) in [5.41, 5.74) is 0.198. The van der Waals surface area contributed by atoms with Crippen LogP contribution in [0.15, 0.2) is 58.2 Å². The Morgan fingerprint density at radius 2 is 1.94 bits per heavy atom. The number of H-pyrrole nitrogens is 1. The Kier molecular flexibility index (Phi) is 5.50. The predicted molar refractivity (Wildman–Crippen MR) is 113 cm³/mol. The maximum absolute atomic E-state index is 13.1. The molecule has 1 unspecified atom stereocenters. The Bertz CT molecular complexity index is 1300. The third-order valence-electron chi connectivity index (χ3n) is 4.98. The molecule has 1 saturated heterocycles. The third kappa shape index (κ3) is 4.44. The molecule has 10 heteroatoms. The number of nitrogens with one attached hydrogen (secondary N) is 2. The Morgan fingerprint density at radius 3 is 2.65 bits per heavy atom. The van der Waals surface area contributed by atoms with E-state index in [-0.39, 0.29) is 28.2 Å². The normalized spacial score (nSPS) is 17.0. The highest BCUT2D eigenvalue weighted by molar-refractivity contribution is 7.92. The zero-order chi connectivity index (χ0) is 22.2. The fourth-order valence-corrected chi connectivity index (χ4v) is 4.57. The van der Waals surface area contributed by atoms with Crippen molar-refractivity contribution in [3.8, 4) is 0 Å². The number of aromatic nitrogens is 1. The van der Waals surface area contributed by atoms with Crippen LogP contribution in [0.2, 0.25) is 0 Å². The molecule has 2 N–H and O–H groups in total. The number of fused-ring (bicyclic) bond motifs is 1. The molecule has 0 radical (unpaired) electrons. The molecule has 8 nitrogen and oxygen atoms in total. The van der Waals surface area contributed by atoms with Crippen molar-refractivity contribution in [2.45, 2.75) is 17.9 Å². The molecule has 1 amide bonds. The van der Waals surface area contributed by atoms with Crippen molar-refractivity contribution in [2.75, 3.05) is 24.4 Å². The highest BCUT2D eigenvalue weighted by Crippen LogP contribution is 2.24. The number of benzene rings is 2. The highest BCUT2D eigenvalue weighted by Gasteiger charge is 2.25. The number of pyridine rings is 1. The molecule has 162 valence electrons. The van der Waals surface area contributed by atoms with Crippen LogP contribution >= 0.6 is 0 Å². The zero-order valence-electron chi connectivity index (χ0n) is 16.6. The number of hydrogen-bond acceptors (Lipinski definition) is 5. The van der Waals surface area contributed by atoms with Crippen molar-refractivity contribution >= 4 is 32.5 Å². The predicted octanol–water partition coefficient (Wildman–Crippen LogP) is 2.33. The first-order chi connectivity index (χ1) is 14.7. The molecular formula is C21H20FN3O5S. The average molecular weight is 445 g/mol. The molecule has 1 aliphatic heterocycles. The molecule has 1 atom stereocenters. The summed E-state index contributed by atoms with van der Waals surface area (Å²) < 4.78 is 46.6.